The van der Waals surface area contributed by atoms with E-state index in [9.17, 15) is 13.2 Å². The van der Waals surface area contributed by atoms with E-state index < -0.39 is 11.9 Å². The molecule has 0 amide bonds. The van der Waals surface area contributed by atoms with Gasteiger partial charge >= 0.3 is 6.18 Å². The zero-order valence-electron chi connectivity index (χ0n) is 10.6. The van der Waals surface area contributed by atoms with Gasteiger partial charge in [0.25, 0.3) is 0 Å². The molecule has 0 aliphatic rings. The maximum atomic E-state index is 12.7. The van der Waals surface area contributed by atoms with E-state index in [1.54, 1.807) is 0 Å². The van der Waals surface area contributed by atoms with Crippen molar-refractivity contribution in [3.63, 3.8) is 0 Å². The Morgan fingerprint density at radius 2 is 1.85 bits per heavy atom. The van der Waals surface area contributed by atoms with Gasteiger partial charge in [-0.25, -0.2) is 4.98 Å². The van der Waals surface area contributed by atoms with Crippen LogP contribution in [0.1, 0.15) is 11.3 Å². The fourth-order valence-corrected chi connectivity index (χ4v) is 1.49. The molecule has 0 saturated carbocycles. The normalized spacial score (nSPS) is 11.2. The molecule has 0 radical (unpaired) electrons. The van der Waals surface area contributed by atoms with Crippen LogP contribution in [-0.4, -0.2) is 17.0 Å². The van der Waals surface area contributed by atoms with Crippen molar-refractivity contribution in [2.24, 2.45) is 0 Å². The quantitative estimate of drug-likeness (QED) is 0.936. The van der Waals surface area contributed by atoms with Gasteiger partial charge in [0.2, 0.25) is 11.8 Å². The molecule has 0 aliphatic carbocycles. The average molecular weight is 283 g/mol. The highest BCUT2D eigenvalue weighted by Gasteiger charge is 2.34. The second kappa shape index (κ2) is 5.77. The lowest BCUT2D eigenvalue weighted by Crippen LogP contribution is -2.11. The van der Waals surface area contributed by atoms with Gasteiger partial charge in [0.15, 0.2) is 5.69 Å². The molecule has 1 aromatic heterocycles. The van der Waals surface area contributed by atoms with E-state index in [0.717, 1.165) is 11.6 Å². The molecule has 4 nitrogen and oxygen atoms in total. The van der Waals surface area contributed by atoms with E-state index in [1.165, 1.54) is 7.05 Å². The van der Waals surface area contributed by atoms with Crippen molar-refractivity contribution in [2.45, 2.75) is 12.8 Å². The molecule has 0 saturated heterocycles. The Morgan fingerprint density at radius 3 is 2.45 bits per heavy atom. The molecule has 2 aromatic rings. The first-order chi connectivity index (χ1) is 9.49. The zero-order valence-corrected chi connectivity index (χ0v) is 10.6. The Balaban J connectivity index is 2.19. The van der Waals surface area contributed by atoms with Crippen LogP contribution in [0.5, 0.6) is 5.88 Å². The van der Waals surface area contributed by atoms with E-state index >= 15 is 0 Å². The van der Waals surface area contributed by atoms with Crippen LogP contribution in [0.3, 0.4) is 0 Å². The Labute approximate surface area is 113 Å². The average Bonchev–Trinajstić information content (AvgIpc) is 2.45. The molecule has 0 spiro atoms. The molecule has 0 atom stereocenters. The third kappa shape index (κ3) is 3.59. The smallest absolute Gasteiger partial charge is 0.433 e. The molecular weight excluding hydrogens is 271 g/mol. The number of halogens is 3. The van der Waals surface area contributed by atoms with Gasteiger partial charge < -0.3 is 10.1 Å². The Kier molecular flexibility index (Phi) is 4.07. The van der Waals surface area contributed by atoms with Crippen LogP contribution in [0.2, 0.25) is 0 Å². The first kappa shape index (κ1) is 14.1. The van der Waals surface area contributed by atoms with Crippen LogP contribution in [0.25, 0.3) is 0 Å². The van der Waals surface area contributed by atoms with E-state index in [4.69, 9.17) is 4.74 Å². The predicted molar refractivity (Wildman–Crippen MR) is 67.4 cm³/mol. The van der Waals surface area contributed by atoms with Crippen LogP contribution >= 0.6 is 0 Å². The number of hydrogen-bond donors (Lipinski definition) is 1. The second-order valence-electron chi connectivity index (χ2n) is 3.94. The van der Waals surface area contributed by atoms with Gasteiger partial charge in [-0.1, -0.05) is 30.3 Å². The summed E-state index contributed by atoms with van der Waals surface area (Å²) in [7, 11) is 1.44. The van der Waals surface area contributed by atoms with E-state index in [-0.39, 0.29) is 18.4 Å². The topological polar surface area (TPSA) is 47.0 Å². The summed E-state index contributed by atoms with van der Waals surface area (Å²) < 4.78 is 43.3. The molecule has 106 valence electrons. The maximum Gasteiger partial charge on any atom is 0.433 e. The fraction of sp³-hybridized carbons (Fsp3) is 0.231. The second-order valence-corrected chi connectivity index (χ2v) is 3.94. The Morgan fingerprint density at radius 1 is 1.15 bits per heavy atom. The number of benzene rings is 1. The summed E-state index contributed by atoms with van der Waals surface area (Å²) >= 11 is 0. The number of alkyl halides is 3. The zero-order chi connectivity index (χ0) is 14.6. The van der Waals surface area contributed by atoms with Gasteiger partial charge in [-0.15, -0.1) is 0 Å². The van der Waals surface area contributed by atoms with Crippen LogP contribution in [0.15, 0.2) is 36.4 Å². The third-order valence-electron chi connectivity index (χ3n) is 2.45. The Bertz CT molecular complexity index is 573. The first-order valence-electron chi connectivity index (χ1n) is 5.80. The molecule has 2 rings (SSSR count). The highest BCUT2D eigenvalue weighted by Crippen LogP contribution is 2.30. The molecule has 1 aromatic carbocycles. The highest BCUT2D eigenvalue weighted by atomic mass is 19.4. The summed E-state index contributed by atoms with van der Waals surface area (Å²) in [5.74, 6) is -0.261. The minimum Gasteiger partial charge on any atom is -0.473 e. The minimum absolute atomic E-state index is 0.125. The van der Waals surface area contributed by atoms with Gasteiger partial charge in [0.1, 0.15) is 6.61 Å². The van der Waals surface area contributed by atoms with Crippen molar-refractivity contribution >= 4 is 5.95 Å². The summed E-state index contributed by atoms with van der Waals surface area (Å²) in [5.41, 5.74) is -0.203. The van der Waals surface area contributed by atoms with Gasteiger partial charge in [0, 0.05) is 13.1 Å². The first-order valence-corrected chi connectivity index (χ1v) is 5.80. The summed E-state index contributed by atoms with van der Waals surface area (Å²) in [6, 6.07) is 9.88. The number of hydrogen-bond acceptors (Lipinski definition) is 4. The van der Waals surface area contributed by atoms with E-state index in [1.807, 2.05) is 30.3 Å². The van der Waals surface area contributed by atoms with Gasteiger partial charge in [-0.05, 0) is 5.56 Å². The van der Waals surface area contributed by atoms with Crippen molar-refractivity contribution in [1.82, 2.24) is 9.97 Å². The number of nitrogens with one attached hydrogen (secondary N) is 1. The number of ether oxygens (including phenoxy) is 1. The molecule has 0 bridgehead atoms. The number of nitrogens with zero attached hydrogens (tertiary/aromatic N) is 2. The number of rotatable bonds is 4. The summed E-state index contributed by atoms with van der Waals surface area (Å²) in [4.78, 5) is 7.19. The van der Waals surface area contributed by atoms with Crippen molar-refractivity contribution in [3.8, 4) is 5.88 Å². The molecule has 0 fully saturated rings. The van der Waals surface area contributed by atoms with Crippen LogP contribution in [0, 0.1) is 0 Å². The summed E-state index contributed by atoms with van der Waals surface area (Å²) in [5, 5.41) is 2.48. The summed E-state index contributed by atoms with van der Waals surface area (Å²) in [6.07, 6.45) is -4.54. The number of aromatic nitrogens is 2. The third-order valence-corrected chi connectivity index (χ3v) is 2.45. The monoisotopic (exact) mass is 283 g/mol. The van der Waals surface area contributed by atoms with Crippen LogP contribution in [0.4, 0.5) is 19.1 Å². The molecule has 7 heteroatoms. The largest absolute Gasteiger partial charge is 0.473 e. The molecular formula is C13H12F3N3O. The van der Waals surface area contributed by atoms with Crippen molar-refractivity contribution in [3.05, 3.63) is 47.7 Å². The van der Waals surface area contributed by atoms with Crippen molar-refractivity contribution in [2.75, 3.05) is 12.4 Å². The molecule has 0 aliphatic heterocycles. The van der Waals surface area contributed by atoms with Crippen molar-refractivity contribution < 1.29 is 17.9 Å². The summed E-state index contributed by atoms with van der Waals surface area (Å²) in [6.45, 7) is 0.137. The Hall–Kier alpha value is -2.31. The van der Waals surface area contributed by atoms with Crippen LogP contribution < -0.4 is 10.1 Å². The van der Waals surface area contributed by atoms with Crippen LogP contribution in [-0.2, 0) is 12.8 Å². The maximum absolute atomic E-state index is 12.7. The molecule has 0 unspecified atom stereocenters. The standard InChI is InChI=1S/C13H12F3N3O/c1-17-12-18-10(13(14,15)16)7-11(19-12)20-8-9-5-3-2-4-6-9/h2-7H,8H2,1H3,(H,17,18,19). The SMILES string of the molecule is CNc1nc(OCc2ccccc2)cc(C(F)(F)F)n1. The van der Waals surface area contributed by atoms with E-state index in [2.05, 4.69) is 15.3 Å². The lowest BCUT2D eigenvalue weighted by Gasteiger charge is -2.11. The van der Waals surface area contributed by atoms with Crippen molar-refractivity contribution in [1.29, 1.82) is 0 Å². The molecule has 1 heterocycles. The minimum atomic E-state index is -4.54. The predicted octanol–water partition coefficient (Wildman–Crippen LogP) is 3.12. The molecule has 1 N–H and O–H groups in total. The number of anilines is 1. The van der Waals surface area contributed by atoms with Gasteiger partial charge in [-0.2, -0.15) is 18.2 Å². The highest BCUT2D eigenvalue weighted by molar-refractivity contribution is 5.31. The van der Waals surface area contributed by atoms with E-state index in [0.29, 0.717) is 0 Å². The fourth-order valence-electron chi connectivity index (χ4n) is 1.49. The lowest BCUT2D eigenvalue weighted by molar-refractivity contribution is -0.141. The van der Waals surface area contributed by atoms with Gasteiger partial charge in [0.05, 0.1) is 0 Å². The lowest BCUT2D eigenvalue weighted by atomic mass is 10.2. The van der Waals surface area contributed by atoms with Gasteiger partial charge in [-0.3, -0.25) is 0 Å². The molecule has 20 heavy (non-hydrogen) atoms.